The summed E-state index contributed by atoms with van der Waals surface area (Å²) in [5, 5.41) is 2.91. The number of nitrogens with one attached hydrogen (secondary N) is 1. The zero-order valence-electron chi connectivity index (χ0n) is 13.0. The summed E-state index contributed by atoms with van der Waals surface area (Å²) >= 11 is 0. The van der Waals surface area contributed by atoms with Gasteiger partial charge < -0.3 is 5.32 Å². The van der Waals surface area contributed by atoms with E-state index in [0.717, 1.165) is 12.8 Å². The first-order chi connectivity index (χ1) is 10.1. The Morgan fingerprint density at radius 2 is 1.43 bits per heavy atom. The molecule has 0 aliphatic rings. The van der Waals surface area contributed by atoms with Crippen molar-refractivity contribution < 1.29 is 4.79 Å². The first-order valence-corrected chi connectivity index (χ1v) is 7.54. The van der Waals surface area contributed by atoms with Crippen molar-refractivity contribution in [2.75, 3.05) is 0 Å². The van der Waals surface area contributed by atoms with Gasteiger partial charge in [0.15, 0.2) is 0 Å². The van der Waals surface area contributed by atoms with Gasteiger partial charge in [0, 0.05) is 13.0 Å². The Balaban J connectivity index is 2.05. The summed E-state index contributed by atoms with van der Waals surface area (Å²) in [5.74, 6) is 0.0233. The molecule has 2 aromatic rings. The van der Waals surface area contributed by atoms with E-state index >= 15 is 0 Å². The summed E-state index contributed by atoms with van der Waals surface area (Å²) < 4.78 is 0. The molecule has 1 amide bonds. The van der Waals surface area contributed by atoms with Crippen molar-refractivity contribution in [1.29, 1.82) is 0 Å². The smallest absolute Gasteiger partial charge is 0.217 e. The summed E-state index contributed by atoms with van der Waals surface area (Å²) in [6, 6.07) is 17.5. The van der Waals surface area contributed by atoms with Crippen molar-refractivity contribution in [3.63, 3.8) is 0 Å². The van der Waals surface area contributed by atoms with Gasteiger partial charge in [0.25, 0.3) is 0 Å². The normalized spacial score (nSPS) is 12.0. The summed E-state index contributed by atoms with van der Waals surface area (Å²) in [6.45, 7) is 5.75. The predicted octanol–water partition coefficient (Wildman–Crippen LogP) is 3.98. The molecule has 0 aliphatic heterocycles. The lowest BCUT2D eigenvalue weighted by atomic mass is 10.00. The van der Waals surface area contributed by atoms with Crippen LogP contribution in [-0.2, 0) is 17.6 Å². The highest BCUT2D eigenvalue weighted by Gasteiger charge is 2.05. The lowest BCUT2D eigenvalue weighted by Crippen LogP contribution is -2.31. The molecule has 2 heteroatoms. The van der Waals surface area contributed by atoms with Crippen LogP contribution in [0, 0.1) is 0 Å². The van der Waals surface area contributed by atoms with Gasteiger partial charge in [-0.05, 0) is 42.0 Å². The van der Waals surface area contributed by atoms with E-state index in [-0.39, 0.29) is 11.9 Å². The third-order valence-corrected chi connectivity index (χ3v) is 3.64. The average Bonchev–Trinajstić information content (AvgIpc) is 2.47. The molecule has 0 saturated carbocycles. The van der Waals surface area contributed by atoms with Crippen LogP contribution in [0.5, 0.6) is 0 Å². The second-order valence-electron chi connectivity index (χ2n) is 5.55. The number of amides is 1. The molecule has 21 heavy (non-hydrogen) atoms. The molecule has 0 aliphatic carbocycles. The Morgan fingerprint density at radius 1 is 0.952 bits per heavy atom. The van der Waals surface area contributed by atoms with Crippen LogP contribution in [0.2, 0.25) is 0 Å². The molecule has 2 nitrogen and oxygen atoms in total. The Hall–Kier alpha value is -2.09. The largest absolute Gasteiger partial charge is 0.354 e. The third kappa shape index (κ3) is 4.45. The van der Waals surface area contributed by atoms with Crippen LogP contribution in [-0.4, -0.2) is 11.9 Å². The summed E-state index contributed by atoms with van der Waals surface area (Å²) in [4.78, 5) is 11.0. The number of rotatable bonds is 5. The van der Waals surface area contributed by atoms with Crippen molar-refractivity contribution in [3.8, 4) is 11.1 Å². The van der Waals surface area contributed by atoms with Crippen LogP contribution in [0.15, 0.2) is 48.5 Å². The molecule has 0 heterocycles. The fourth-order valence-corrected chi connectivity index (χ4v) is 2.52. The van der Waals surface area contributed by atoms with Gasteiger partial charge in [-0.25, -0.2) is 0 Å². The minimum absolute atomic E-state index is 0.0233. The van der Waals surface area contributed by atoms with E-state index in [4.69, 9.17) is 0 Å². The number of benzene rings is 2. The first kappa shape index (κ1) is 15.3. The molecule has 1 atom stereocenters. The molecule has 0 bridgehead atoms. The summed E-state index contributed by atoms with van der Waals surface area (Å²) in [7, 11) is 0. The van der Waals surface area contributed by atoms with E-state index < -0.39 is 0 Å². The Morgan fingerprint density at radius 3 is 1.86 bits per heavy atom. The minimum atomic E-state index is 0.0233. The number of aryl methyl sites for hydroxylation is 1. The van der Waals surface area contributed by atoms with Crippen LogP contribution in [0.3, 0.4) is 0 Å². The first-order valence-electron chi connectivity index (χ1n) is 7.54. The van der Waals surface area contributed by atoms with Gasteiger partial charge in [-0.1, -0.05) is 55.5 Å². The molecule has 0 spiro atoms. The molecule has 0 fully saturated rings. The summed E-state index contributed by atoms with van der Waals surface area (Å²) in [5.41, 5.74) is 5.08. The number of hydrogen-bond acceptors (Lipinski definition) is 1. The predicted molar refractivity (Wildman–Crippen MR) is 88.2 cm³/mol. The topological polar surface area (TPSA) is 29.1 Å². The zero-order chi connectivity index (χ0) is 15.2. The van der Waals surface area contributed by atoms with Crippen molar-refractivity contribution in [1.82, 2.24) is 5.32 Å². The van der Waals surface area contributed by atoms with Crippen LogP contribution in [0.25, 0.3) is 11.1 Å². The fraction of sp³-hybridized carbons (Fsp3) is 0.316. The van der Waals surface area contributed by atoms with Crippen molar-refractivity contribution >= 4 is 5.91 Å². The number of hydrogen-bond donors (Lipinski definition) is 1. The molecule has 0 saturated heterocycles. The number of carbonyl (C=O) groups is 1. The van der Waals surface area contributed by atoms with Crippen LogP contribution < -0.4 is 5.32 Å². The van der Waals surface area contributed by atoms with Gasteiger partial charge in [-0.2, -0.15) is 0 Å². The Labute approximate surface area is 127 Å². The monoisotopic (exact) mass is 281 g/mol. The maximum Gasteiger partial charge on any atom is 0.217 e. The van der Waals surface area contributed by atoms with E-state index in [2.05, 4.69) is 60.8 Å². The maximum absolute atomic E-state index is 11.0. The summed E-state index contributed by atoms with van der Waals surface area (Å²) in [6.07, 6.45) is 1.93. The minimum Gasteiger partial charge on any atom is -0.354 e. The maximum atomic E-state index is 11.0. The van der Waals surface area contributed by atoms with Crippen molar-refractivity contribution in [3.05, 3.63) is 59.7 Å². The van der Waals surface area contributed by atoms with Crippen LogP contribution in [0.4, 0.5) is 0 Å². The fourth-order valence-electron chi connectivity index (χ4n) is 2.52. The molecule has 0 radical (unpaired) electrons. The molecule has 0 aromatic heterocycles. The molecular formula is C19H23NO. The van der Waals surface area contributed by atoms with Crippen LogP contribution >= 0.6 is 0 Å². The SMILES string of the molecule is CCc1ccc(-c2ccc(CC(C)NC(C)=O)cc2)cc1. The lowest BCUT2D eigenvalue weighted by Gasteiger charge is -2.12. The molecule has 1 unspecified atom stereocenters. The lowest BCUT2D eigenvalue weighted by molar-refractivity contribution is -0.119. The van der Waals surface area contributed by atoms with Crippen LogP contribution in [0.1, 0.15) is 31.9 Å². The second-order valence-corrected chi connectivity index (χ2v) is 5.55. The van der Waals surface area contributed by atoms with Gasteiger partial charge in [0.2, 0.25) is 5.91 Å². The van der Waals surface area contributed by atoms with E-state index in [1.165, 1.54) is 22.3 Å². The van der Waals surface area contributed by atoms with Gasteiger partial charge >= 0.3 is 0 Å². The van der Waals surface area contributed by atoms with E-state index in [1.54, 1.807) is 6.92 Å². The highest BCUT2D eigenvalue weighted by Crippen LogP contribution is 2.21. The third-order valence-electron chi connectivity index (χ3n) is 3.64. The van der Waals surface area contributed by atoms with Gasteiger partial charge in [-0.15, -0.1) is 0 Å². The van der Waals surface area contributed by atoms with E-state index in [9.17, 15) is 4.79 Å². The van der Waals surface area contributed by atoms with E-state index in [0.29, 0.717) is 0 Å². The molecule has 2 rings (SSSR count). The molecular weight excluding hydrogens is 258 g/mol. The standard InChI is InChI=1S/C19H23NO/c1-4-16-5-9-18(10-6-16)19-11-7-17(8-12-19)13-14(2)20-15(3)21/h5-12,14H,4,13H2,1-3H3,(H,20,21). The Bertz CT molecular complexity index is 584. The van der Waals surface area contributed by atoms with Crippen molar-refractivity contribution in [2.24, 2.45) is 0 Å². The van der Waals surface area contributed by atoms with Gasteiger partial charge in [0.05, 0.1) is 0 Å². The molecule has 110 valence electrons. The highest BCUT2D eigenvalue weighted by molar-refractivity contribution is 5.73. The molecule has 2 aromatic carbocycles. The van der Waals surface area contributed by atoms with Gasteiger partial charge in [-0.3, -0.25) is 4.79 Å². The highest BCUT2D eigenvalue weighted by atomic mass is 16.1. The zero-order valence-corrected chi connectivity index (χ0v) is 13.0. The molecule has 1 N–H and O–H groups in total. The van der Waals surface area contributed by atoms with E-state index in [1.807, 2.05) is 6.92 Å². The van der Waals surface area contributed by atoms with Gasteiger partial charge in [0.1, 0.15) is 0 Å². The Kier molecular flexibility index (Phi) is 5.15. The quantitative estimate of drug-likeness (QED) is 0.882. The average molecular weight is 281 g/mol. The number of carbonyl (C=O) groups excluding carboxylic acids is 1. The van der Waals surface area contributed by atoms with Crippen molar-refractivity contribution in [2.45, 2.75) is 39.7 Å². The second kappa shape index (κ2) is 7.07.